The zero-order valence-corrected chi connectivity index (χ0v) is 15.3. The van der Waals surface area contributed by atoms with Gasteiger partial charge in [0.15, 0.2) is 0 Å². The van der Waals surface area contributed by atoms with Crippen molar-refractivity contribution in [2.45, 2.75) is 25.8 Å². The van der Waals surface area contributed by atoms with Crippen LogP contribution in [-0.4, -0.2) is 32.8 Å². The molecule has 2 atom stereocenters. The first-order chi connectivity index (χ1) is 12.6. The molecule has 1 saturated heterocycles. The number of piperidine rings is 1. The van der Waals surface area contributed by atoms with Crippen molar-refractivity contribution in [2.75, 3.05) is 13.1 Å². The molecule has 4 rings (SSSR count). The van der Waals surface area contributed by atoms with Gasteiger partial charge < -0.3 is 0 Å². The standard InChI is InChI=1S/C21H23N5/c1-15-8-18(14-26(11-15)13-16-10-24-25(2)12-16)19-6-5-17(9-22)21-20(19)4-3-7-23-21/h3-7,10,12,15,18H,8,11,13-14H2,1-2H3/t15-,18+/m1/s1. The highest BCUT2D eigenvalue weighted by molar-refractivity contribution is 5.87. The van der Waals surface area contributed by atoms with E-state index in [0.717, 1.165) is 30.5 Å². The van der Waals surface area contributed by atoms with E-state index in [2.05, 4.69) is 46.3 Å². The number of nitrogens with zero attached hydrogens (tertiary/aromatic N) is 5. The van der Waals surface area contributed by atoms with Crippen molar-refractivity contribution in [2.24, 2.45) is 13.0 Å². The van der Waals surface area contributed by atoms with Gasteiger partial charge in [-0.25, -0.2) is 0 Å². The summed E-state index contributed by atoms with van der Waals surface area (Å²) in [6.45, 7) is 5.39. The molecule has 26 heavy (non-hydrogen) atoms. The summed E-state index contributed by atoms with van der Waals surface area (Å²) in [7, 11) is 1.96. The summed E-state index contributed by atoms with van der Waals surface area (Å²) < 4.78 is 1.86. The second-order valence-electron chi connectivity index (χ2n) is 7.47. The summed E-state index contributed by atoms with van der Waals surface area (Å²) in [4.78, 5) is 6.99. The highest BCUT2D eigenvalue weighted by Gasteiger charge is 2.27. The maximum Gasteiger partial charge on any atom is 0.101 e. The highest BCUT2D eigenvalue weighted by atomic mass is 15.2. The van der Waals surface area contributed by atoms with Gasteiger partial charge in [0.2, 0.25) is 0 Å². The minimum Gasteiger partial charge on any atom is -0.298 e. The van der Waals surface area contributed by atoms with E-state index in [-0.39, 0.29) is 0 Å². The third-order valence-corrected chi connectivity index (χ3v) is 5.26. The van der Waals surface area contributed by atoms with Gasteiger partial charge in [-0.15, -0.1) is 0 Å². The Balaban J connectivity index is 1.65. The Morgan fingerprint density at radius 3 is 2.92 bits per heavy atom. The van der Waals surface area contributed by atoms with Crippen molar-refractivity contribution in [1.29, 1.82) is 5.26 Å². The Hall–Kier alpha value is -2.71. The largest absolute Gasteiger partial charge is 0.298 e. The predicted octanol–water partition coefficient (Wildman–Crippen LogP) is 3.47. The zero-order chi connectivity index (χ0) is 18.1. The molecule has 0 aliphatic carbocycles. The van der Waals surface area contributed by atoms with Crippen LogP contribution < -0.4 is 0 Å². The maximum absolute atomic E-state index is 9.38. The van der Waals surface area contributed by atoms with Crippen LogP contribution >= 0.6 is 0 Å². The van der Waals surface area contributed by atoms with Crippen LogP contribution in [-0.2, 0) is 13.6 Å². The van der Waals surface area contributed by atoms with Crippen LogP contribution in [0.15, 0.2) is 42.9 Å². The first-order valence-corrected chi connectivity index (χ1v) is 9.11. The van der Waals surface area contributed by atoms with Gasteiger partial charge in [-0.05, 0) is 36.0 Å². The molecular weight excluding hydrogens is 322 g/mol. The van der Waals surface area contributed by atoms with E-state index in [4.69, 9.17) is 0 Å². The van der Waals surface area contributed by atoms with Gasteiger partial charge in [-0.2, -0.15) is 10.4 Å². The van der Waals surface area contributed by atoms with E-state index in [1.165, 1.54) is 17.5 Å². The lowest BCUT2D eigenvalue weighted by molar-refractivity contribution is 0.157. The summed E-state index contributed by atoms with van der Waals surface area (Å²) in [5.74, 6) is 1.09. The number of nitriles is 1. The molecule has 0 unspecified atom stereocenters. The van der Waals surface area contributed by atoms with Crippen molar-refractivity contribution in [3.05, 3.63) is 59.5 Å². The second-order valence-corrected chi connectivity index (χ2v) is 7.47. The molecule has 0 saturated carbocycles. The van der Waals surface area contributed by atoms with Crippen LogP contribution in [0.4, 0.5) is 0 Å². The Morgan fingerprint density at radius 1 is 1.27 bits per heavy atom. The Morgan fingerprint density at radius 2 is 2.15 bits per heavy atom. The molecule has 0 radical (unpaired) electrons. The number of hydrogen-bond acceptors (Lipinski definition) is 4. The third kappa shape index (κ3) is 3.21. The molecule has 1 fully saturated rings. The number of rotatable bonds is 3. The SMILES string of the molecule is C[C@@H]1C[C@H](c2ccc(C#N)c3ncccc23)CN(Cc2cnn(C)c2)C1. The van der Waals surface area contributed by atoms with E-state index >= 15 is 0 Å². The molecule has 132 valence electrons. The van der Waals surface area contributed by atoms with Gasteiger partial charge in [-0.1, -0.05) is 19.1 Å². The summed E-state index contributed by atoms with van der Waals surface area (Å²) >= 11 is 0. The molecule has 3 aromatic rings. The van der Waals surface area contributed by atoms with Crippen molar-refractivity contribution in [3.8, 4) is 6.07 Å². The van der Waals surface area contributed by atoms with E-state index in [9.17, 15) is 5.26 Å². The van der Waals surface area contributed by atoms with Gasteiger partial charge in [0, 0.05) is 50.0 Å². The number of hydrogen-bond donors (Lipinski definition) is 0. The lowest BCUT2D eigenvalue weighted by Gasteiger charge is -2.37. The molecule has 0 N–H and O–H groups in total. The van der Waals surface area contributed by atoms with E-state index in [1.54, 1.807) is 6.20 Å². The lowest BCUT2D eigenvalue weighted by atomic mass is 9.83. The van der Waals surface area contributed by atoms with Crippen molar-refractivity contribution < 1.29 is 0 Å². The van der Waals surface area contributed by atoms with Crippen LogP contribution in [0.2, 0.25) is 0 Å². The average molecular weight is 345 g/mol. The molecule has 0 bridgehead atoms. The molecule has 3 heterocycles. The summed E-state index contributed by atoms with van der Waals surface area (Å²) in [6.07, 6.45) is 6.98. The van der Waals surface area contributed by atoms with Gasteiger partial charge in [0.05, 0.1) is 17.3 Å². The summed E-state index contributed by atoms with van der Waals surface area (Å²) in [5.41, 5.74) is 4.05. The predicted molar refractivity (Wildman–Crippen MR) is 101 cm³/mol. The normalized spacial score (nSPS) is 21.0. The van der Waals surface area contributed by atoms with Crippen LogP contribution in [0.25, 0.3) is 10.9 Å². The number of aromatic nitrogens is 3. The van der Waals surface area contributed by atoms with Crippen LogP contribution in [0.1, 0.15) is 36.0 Å². The first-order valence-electron chi connectivity index (χ1n) is 9.11. The molecule has 0 spiro atoms. The fourth-order valence-corrected chi connectivity index (χ4v) is 4.27. The highest BCUT2D eigenvalue weighted by Crippen LogP contribution is 2.35. The third-order valence-electron chi connectivity index (χ3n) is 5.26. The molecule has 1 aromatic carbocycles. The van der Waals surface area contributed by atoms with E-state index < -0.39 is 0 Å². The second kappa shape index (κ2) is 6.89. The quantitative estimate of drug-likeness (QED) is 0.729. The average Bonchev–Trinajstić information content (AvgIpc) is 3.05. The van der Waals surface area contributed by atoms with E-state index in [1.807, 2.05) is 30.1 Å². The van der Waals surface area contributed by atoms with Crippen LogP contribution in [0, 0.1) is 17.2 Å². The minimum absolute atomic E-state index is 0.454. The van der Waals surface area contributed by atoms with Gasteiger partial charge in [-0.3, -0.25) is 14.6 Å². The monoisotopic (exact) mass is 345 g/mol. The number of benzene rings is 1. The zero-order valence-electron chi connectivity index (χ0n) is 15.3. The van der Waals surface area contributed by atoms with E-state index in [0.29, 0.717) is 17.4 Å². The molecule has 5 heteroatoms. The molecular formula is C21H23N5. The smallest absolute Gasteiger partial charge is 0.101 e. The van der Waals surface area contributed by atoms with Crippen molar-refractivity contribution in [3.63, 3.8) is 0 Å². The van der Waals surface area contributed by atoms with Crippen LogP contribution in [0.5, 0.6) is 0 Å². The minimum atomic E-state index is 0.454. The number of pyridine rings is 1. The van der Waals surface area contributed by atoms with Gasteiger partial charge in [0.25, 0.3) is 0 Å². The van der Waals surface area contributed by atoms with Gasteiger partial charge >= 0.3 is 0 Å². The lowest BCUT2D eigenvalue weighted by Crippen LogP contribution is -2.38. The number of likely N-dealkylation sites (tertiary alicyclic amines) is 1. The van der Waals surface area contributed by atoms with Crippen LogP contribution in [0.3, 0.4) is 0 Å². The first kappa shape index (κ1) is 16.7. The Kier molecular flexibility index (Phi) is 4.44. The molecule has 2 aromatic heterocycles. The molecule has 5 nitrogen and oxygen atoms in total. The molecule has 0 amide bonds. The molecule has 1 aliphatic heterocycles. The molecule has 1 aliphatic rings. The Labute approximate surface area is 153 Å². The van der Waals surface area contributed by atoms with Crippen molar-refractivity contribution in [1.82, 2.24) is 19.7 Å². The van der Waals surface area contributed by atoms with Crippen molar-refractivity contribution >= 4 is 10.9 Å². The topological polar surface area (TPSA) is 57.7 Å². The number of fused-ring (bicyclic) bond motifs is 1. The Bertz CT molecular complexity index is 968. The maximum atomic E-state index is 9.38. The summed E-state index contributed by atoms with van der Waals surface area (Å²) in [6, 6.07) is 10.4. The number of aryl methyl sites for hydroxylation is 1. The summed E-state index contributed by atoms with van der Waals surface area (Å²) in [5, 5.41) is 14.8. The fourth-order valence-electron chi connectivity index (χ4n) is 4.27. The fraction of sp³-hybridized carbons (Fsp3) is 0.381. The van der Waals surface area contributed by atoms with Gasteiger partial charge in [0.1, 0.15) is 6.07 Å².